The van der Waals surface area contributed by atoms with E-state index in [2.05, 4.69) is 59.7 Å². The van der Waals surface area contributed by atoms with Crippen molar-refractivity contribution in [3.63, 3.8) is 0 Å². The third-order valence-electron chi connectivity index (χ3n) is 4.13. The van der Waals surface area contributed by atoms with Crippen LogP contribution in [0.5, 0.6) is 0 Å². The van der Waals surface area contributed by atoms with E-state index in [1.54, 1.807) is 5.57 Å². The maximum atomic E-state index is 2.32. The molecule has 0 fully saturated rings. The molecule has 0 unspecified atom stereocenters. The van der Waals surface area contributed by atoms with Crippen LogP contribution in [0.3, 0.4) is 0 Å². The first-order chi connectivity index (χ1) is 8.01. The normalized spacial score (nSPS) is 12.9. The van der Waals surface area contributed by atoms with Crippen LogP contribution in [0.4, 0.5) is 0 Å². The Morgan fingerprint density at radius 3 is 2.06 bits per heavy atom. The molecule has 0 aliphatic rings. The van der Waals surface area contributed by atoms with Gasteiger partial charge in [-0.1, -0.05) is 37.6 Å². The van der Waals surface area contributed by atoms with E-state index in [1.165, 1.54) is 35.1 Å². The number of benzene rings is 1. The fourth-order valence-electron chi connectivity index (χ4n) is 2.41. The molecule has 0 N–H and O–H groups in total. The third kappa shape index (κ3) is 3.21. The van der Waals surface area contributed by atoms with Gasteiger partial charge >= 0.3 is 0 Å². The summed E-state index contributed by atoms with van der Waals surface area (Å²) in [5, 5.41) is 0. The molecule has 0 amide bonds. The van der Waals surface area contributed by atoms with Crippen molar-refractivity contribution < 1.29 is 0 Å². The summed E-state index contributed by atoms with van der Waals surface area (Å²) in [4.78, 5) is 0. The lowest BCUT2D eigenvalue weighted by molar-refractivity contribution is 0.573. The first kappa shape index (κ1) is 14.0. The highest BCUT2D eigenvalue weighted by Gasteiger charge is 2.10. The van der Waals surface area contributed by atoms with Gasteiger partial charge in [0.25, 0.3) is 0 Å². The predicted octanol–water partition coefficient (Wildman–Crippen LogP) is 5.53. The highest BCUT2D eigenvalue weighted by Crippen LogP contribution is 2.28. The number of allylic oxidation sites excluding steroid dienone is 2. The predicted molar refractivity (Wildman–Crippen MR) is 78.3 cm³/mol. The minimum absolute atomic E-state index is 0.733. The molecule has 1 rings (SSSR count). The van der Waals surface area contributed by atoms with Gasteiger partial charge in [0.15, 0.2) is 0 Å². The summed E-state index contributed by atoms with van der Waals surface area (Å²) in [5.74, 6) is 0.733. The molecule has 0 bridgehead atoms. The molecule has 0 saturated carbocycles. The molecule has 17 heavy (non-hydrogen) atoms. The second-order valence-corrected chi connectivity index (χ2v) is 5.12. The molecular weight excluding hydrogens is 204 g/mol. The number of hydrogen-bond donors (Lipinski definition) is 0. The number of aryl methyl sites for hydroxylation is 2. The zero-order chi connectivity index (χ0) is 13.0. The molecule has 0 heteroatoms. The van der Waals surface area contributed by atoms with Gasteiger partial charge < -0.3 is 0 Å². The topological polar surface area (TPSA) is 0 Å². The molecule has 0 spiro atoms. The van der Waals surface area contributed by atoms with E-state index in [1.807, 2.05) is 0 Å². The molecule has 0 aliphatic carbocycles. The maximum Gasteiger partial charge on any atom is -0.0205 e. The summed E-state index contributed by atoms with van der Waals surface area (Å²) in [5.41, 5.74) is 7.17. The van der Waals surface area contributed by atoms with Gasteiger partial charge in [-0.2, -0.15) is 0 Å². The third-order valence-corrected chi connectivity index (χ3v) is 4.13. The monoisotopic (exact) mass is 230 g/mol. The Kier molecular flexibility index (Phi) is 4.99. The van der Waals surface area contributed by atoms with Crippen LogP contribution in [0.2, 0.25) is 0 Å². The highest BCUT2D eigenvalue weighted by atomic mass is 14.2. The van der Waals surface area contributed by atoms with E-state index in [4.69, 9.17) is 0 Å². The Hall–Kier alpha value is -1.04. The van der Waals surface area contributed by atoms with Crippen LogP contribution < -0.4 is 0 Å². The van der Waals surface area contributed by atoms with Crippen molar-refractivity contribution in [1.82, 2.24) is 0 Å². The highest BCUT2D eigenvalue weighted by molar-refractivity contribution is 5.67. The van der Waals surface area contributed by atoms with Crippen molar-refractivity contribution in [2.24, 2.45) is 5.92 Å². The lowest BCUT2D eigenvalue weighted by Gasteiger charge is -2.17. The molecule has 0 atom stereocenters. The Labute approximate surface area is 107 Å². The quantitative estimate of drug-likeness (QED) is 0.637. The lowest BCUT2D eigenvalue weighted by Crippen LogP contribution is -2.01. The summed E-state index contributed by atoms with van der Waals surface area (Å²) in [6.45, 7) is 13.5. The average molecular weight is 230 g/mol. The lowest BCUT2D eigenvalue weighted by atomic mass is 9.88. The summed E-state index contributed by atoms with van der Waals surface area (Å²) < 4.78 is 0. The zero-order valence-corrected chi connectivity index (χ0v) is 12.2. The van der Waals surface area contributed by atoms with Crippen LogP contribution in [0.15, 0.2) is 23.8 Å². The number of hydrogen-bond acceptors (Lipinski definition) is 0. The van der Waals surface area contributed by atoms with Crippen LogP contribution in [-0.4, -0.2) is 0 Å². The molecule has 0 nitrogen and oxygen atoms in total. The minimum Gasteiger partial charge on any atom is -0.0667 e. The van der Waals surface area contributed by atoms with E-state index >= 15 is 0 Å². The summed E-state index contributed by atoms with van der Waals surface area (Å²) in [7, 11) is 0. The van der Waals surface area contributed by atoms with Gasteiger partial charge in [-0.15, -0.1) is 0 Å². The van der Waals surface area contributed by atoms with E-state index in [0.29, 0.717) is 0 Å². The Morgan fingerprint density at radius 1 is 1.00 bits per heavy atom. The molecule has 94 valence electrons. The van der Waals surface area contributed by atoms with Crippen LogP contribution in [-0.2, 0) is 0 Å². The first-order valence-electron chi connectivity index (χ1n) is 6.76. The fourth-order valence-corrected chi connectivity index (χ4v) is 2.41. The van der Waals surface area contributed by atoms with E-state index < -0.39 is 0 Å². The van der Waals surface area contributed by atoms with E-state index in [0.717, 1.165) is 5.92 Å². The Bertz CT molecular complexity index is 406. The molecule has 0 radical (unpaired) electrons. The van der Waals surface area contributed by atoms with Crippen molar-refractivity contribution in [3.05, 3.63) is 40.5 Å². The van der Waals surface area contributed by atoms with Crippen LogP contribution in [0.25, 0.3) is 5.57 Å². The summed E-state index contributed by atoms with van der Waals surface area (Å²) in [6.07, 6.45) is 2.48. The average Bonchev–Trinajstić information content (AvgIpc) is 2.33. The number of rotatable bonds is 4. The van der Waals surface area contributed by atoms with Crippen LogP contribution >= 0.6 is 0 Å². The Morgan fingerprint density at radius 2 is 1.59 bits per heavy atom. The molecule has 0 aromatic heterocycles. The Balaban J connectivity index is 3.13. The standard InChI is InChI=1S/C17H26/c1-7-16(8-2)14(5)15(6)17-10-9-12(3)13(4)11-17/h9-11,16H,7-8H2,1-6H3. The molecular formula is C17H26. The van der Waals surface area contributed by atoms with Gasteiger partial charge in [0.05, 0.1) is 0 Å². The minimum atomic E-state index is 0.733. The van der Waals surface area contributed by atoms with Gasteiger partial charge in [0, 0.05) is 0 Å². The van der Waals surface area contributed by atoms with Crippen molar-refractivity contribution in [2.45, 2.75) is 54.4 Å². The van der Waals surface area contributed by atoms with Gasteiger partial charge in [-0.05, 0) is 68.7 Å². The second kappa shape index (κ2) is 6.05. The summed E-state index contributed by atoms with van der Waals surface area (Å²) in [6, 6.07) is 6.80. The van der Waals surface area contributed by atoms with E-state index in [9.17, 15) is 0 Å². The van der Waals surface area contributed by atoms with Gasteiger partial charge in [-0.3, -0.25) is 0 Å². The fraction of sp³-hybridized carbons (Fsp3) is 0.529. The van der Waals surface area contributed by atoms with Gasteiger partial charge in [0.1, 0.15) is 0 Å². The molecule has 0 heterocycles. The largest absolute Gasteiger partial charge is 0.0667 e. The molecule has 0 aliphatic heterocycles. The van der Waals surface area contributed by atoms with Crippen LogP contribution in [0.1, 0.15) is 57.2 Å². The second-order valence-electron chi connectivity index (χ2n) is 5.12. The van der Waals surface area contributed by atoms with Crippen LogP contribution in [0, 0.1) is 19.8 Å². The van der Waals surface area contributed by atoms with Gasteiger partial charge in [-0.25, -0.2) is 0 Å². The van der Waals surface area contributed by atoms with Crippen molar-refractivity contribution in [1.29, 1.82) is 0 Å². The maximum absolute atomic E-state index is 2.32. The summed E-state index contributed by atoms with van der Waals surface area (Å²) >= 11 is 0. The van der Waals surface area contributed by atoms with Crippen molar-refractivity contribution >= 4 is 5.57 Å². The first-order valence-corrected chi connectivity index (χ1v) is 6.76. The van der Waals surface area contributed by atoms with E-state index in [-0.39, 0.29) is 0 Å². The SMILES string of the molecule is CCC(CC)C(C)=C(C)c1ccc(C)c(C)c1. The molecule has 1 aromatic carbocycles. The smallest absolute Gasteiger partial charge is 0.0205 e. The van der Waals surface area contributed by atoms with Crippen molar-refractivity contribution in [3.8, 4) is 0 Å². The zero-order valence-electron chi connectivity index (χ0n) is 12.2. The van der Waals surface area contributed by atoms with Crippen molar-refractivity contribution in [2.75, 3.05) is 0 Å². The molecule has 1 aromatic rings. The van der Waals surface area contributed by atoms with Gasteiger partial charge in [0.2, 0.25) is 0 Å². The molecule has 0 saturated heterocycles.